The Labute approximate surface area is 202 Å². The highest BCUT2D eigenvalue weighted by Crippen LogP contribution is 2.37. The first-order valence-corrected chi connectivity index (χ1v) is 11.9. The van der Waals surface area contributed by atoms with Crippen molar-refractivity contribution < 1.29 is 23.6 Å². The zero-order valence-corrected chi connectivity index (χ0v) is 21.8. The molecule has 0 saturated carbocycles. The Morgan fingerprint density at radius 1 is 1.12 bits per heavy atom. The van der Waals surface area contributed by atoms with Gasteiger partial charge in [-0.05, 0) is 79.5 Å². The van der Waals surface area contributed by atoms with E-state index in [1.54, 1.807) is 35.0 Å². The van der Waals surface area contributed by atoms with Crippen LogP contribution in [0, 0.1) is 0 Å². The highest BCUT2D eigenvalue weighted by molar-refractivity contribution is 6.65. The van der Waals surface area contributed by atoms with E-state index in [1.807, 2.05) is 48.5 Å². The second-order valence-electron chi connectivity index (χ2n) is 10.9. The molecule has 33 heavy (non-hydrogen) atoms. The van der Waals surface area contributed by atoms with Crippen molar-refractivity contribution in [3.05, 3.63) is 28.8 Å². The molecule has 7 nitrogen and oxygen atoms in total. The molecule has 0 bridgehead atoms. The van der Waals surface area contributed by atoms with Crippen molar-refractivity contribution in [2.24, 2.45) is 0 Å². The molecule has 2 fully saturated rings. The Kier molecular flexibility index (Phi) is 7.14. The minimum atomic E-state index is -0.641. The standard InChI is InChI=1S/C24H36BClN2O5/c1-22(2,3)31-21(30)28-13-11-17(12-14-28)27(8)20(29)16-9-10-19(26)18(15-16)25-32-23(4,5)24(6,7)33-25/h9-10,15,17H,11-14H2,1-8H3. The summed E-state index contributed by atoms with van der Waals surface area (Å²) in [5.41, 5.74) is -0.347. The Morgan fingerprint density at radius 3 is 2.18 bits per heavy atom. The summed E-state index contributed by atoms with van der Waals surface area (Å²) in [5, 5.41) is 0.498. The lowest BCUT2D eigenvalue weighted by molar-refractivity contribution is 0.00578. The number of carbonyl (C=O) groups is 2. The Bertz CT molecular complexity index is 891. The van der Waals surface area contributed by atoms with E-state index in [-0.39, 0.29) is 18.0 Å². The first kappa shape index (κ1) is 25.9. The number of nitrogens with zero attached hydrogens (tertiary/aromatic N) is 2. The van der Waals surface area contributed by atoms with Crippen LogP contribution in [0.3, 0.4) is 0 Å². The van der Waals surface area contributed by atoms with Gasteiger partial charge in [-0.2, -0.15) is 0 Å². The molecule has 2 aliphatic heterocycles. The number of hydrogen-bond acceptors (Lipinski definition) is 5. The summed E-state index contributed by atoms with van der Waals surface area (Å²) >= 11 is 6.45. The first-order chi connectivity index (χ1) is 15.1. The number of ether oxygens (including phenoxy) is 1. The van der Waals surface area contributed by atoms with E-state index in [1.165, 1.54) is 0 Å². The molecule has 0 radical (unpaired) electrons. The zero-order chi connectivity index (χ0) is 24.8. The van der Waals surface area contributed by atoms with Crippen LogP contribution in [-0.2, 0) is 14.0 Å². The van der Waals surface area contributed by atoms with Crippen LogP contribution in [0.5, 0.6) is 0 Å². The number of halogens is 1. The monoisotopic (exact) mass is 478 g/mol. The lowest BCUT2D eigenvalue weighted by Gasteiger charge is -2.37. The highest BCUT2D eigenvalue weighted by Gasteiger charge is 2.52. The van der Waals surface area contributed by atoms with Crippen LogP contribution >= 0.6 is 11.6 Å². The van der Waals surface area contributed by atoms with Crippen LogP contribution in [0.4, 0.5) is 4.79 Å². The summed E-state index contributed by atoms with van der Waals surface area (Å²) in [7, 11) is 1.16. The van der Waals surface area contributed by atoms with Gasteiger partial charge >= 0.3 is 13.2 Å². The average molecular weight is 479 g/mol. The summed E-state index contributed by atoms with van der Waals surface area (Å²) in [5.74, 6) is -0.0971. The fraction of sp³-hybridized carbons (Fsp3) is 0.667. The number of benzene rings is 1. The number of amides is 2. The molecule has 0 aromatic heterocycles. The van der Waals surface area contributed by atoms with Crippen LogP contribution < -0.4 is 5.46 Å². The maximum absolute atomic E-state index is 13.3. The van der Waals surface area contributed by atoms with Crippen LogP contribution in [0.15, 0.2) is 18.2 Å². The molecule has 2 heterocycles. The molecule has 0 atom stereocenters. The predicted octanol–water partition coefficient (Wildman–Crippen LogP) is 4.11. The molecule has 2 aliphatic rings. The number of piperidine rings is 1. The summed E-state index contributed by atoms with van der Waals surface area (Å²) in [6, 6.07) is 5.24. The largest absolute Gasteiger partial charge is 0.496 e. The van der Waals surface area contributed by atoms with Gasteiger partial charge in [0.1, 0.15) is 5.60 Å². The molecule has 182 valence electrons. The van der Waals surface area contributed by atoms with E-state index in [2.05, 4.69) is 0 Å². The SMILES string of the molecule is CN(C(=O)c1ccc(Cl)c(B2OC(C)(C)C(C)(C)O2)c1)C1CCN(C(=O)OC(C)(C)C)CC1. The van der Waals surface area contributed by atoms with Gasteiger partial charge in [0.2, 0.25) is 0 Å². The number of carbonyl (C=O) groups excluding carboxylic acids is 2. The van der Waals surface area contributed by atoms with Crippen molar-refractivity contribution in [1.29, 1.82) is 0 Å². The van der Waals surface area contributed by atoms with Gasteiger partial charge in [-0.15, -0.1) is 0 Å². The summed E-state index contributed by atoms with van der Waals surface area (Å²) < 4.78 is 17.7. The summed E-state index contributed by atoms with van der Waals surface area (Å²) in [6.07, 6.45) is 1.08. The Hall–Kier alpha value is -1.77. The van der Waals surface area contributed by atoms with Crippen molar-refractivity contribution in [3.63, 3.8) is 0 Å². The third-order valence-electron chi connectivity index (χ3n) is 6.73. The second kappa shape index (κ2) is 9.12. The molecule has 2 amide bonds. The average Bonchev–Trinajstić information content (AvgIpc) is 2.93. The van der Waals surface area contributed by atoms with Crippen LogP contribution in [0.2, 0.25) is 5.02 Å². The molecule has 2 saturated heterocycles. The topological polar surface area (TPSA) is 68.3 Å². The van der Waals surface area contributed by atoms with E-state index in [0.717, 1.165) is 0 Å². The minimum Gasteiger partial charge on any atom is -0.444 e. The van der Waals surface area contributed by atoms with E-state index in [9.17, 15) is 9.59 Å². The van der Waals surface area contributed by atoms with Crippen molar-refractivity contribution >= 4 is 36.2 Å². The normalized spacial score (nSPS) is 20.6. The van der Waals surface area contributed by atoms with Gasteiger partial charge in [0.25, 0.3) is 5.91 Å². The second-order valence-corrected chi connectivity index (χ2v) is 11.3. The van der Waals surface area contributed by atoms with Crippen molar-refractivity contribution in [3.8, 4) is 0 Å². The molecular weight excluding hydrogens is 443 g/mol. The third-order valence-corrected chi connectivity index (χ3v) is 7.08. The smallest absolute Gasteiger partial charge is 0.444 e. The zero-order valence-electron chi connectivity index (χ0n) is 21.0. The number of likely N-dealkylation sites (tertiary alicyclic amines) is 1. The van der Waals surface area contributed by atoms with Gasteiger partial charge in [0, 0.05) is 42.2 Å². The van der Waals surface area contributed by atoms with E-state index in [0.29, 0.717) is 42.0 Å². The van der Waals surface area contributed by atoms with Crippen molar-refractivity contribution in [1.82, 2.24) is 9.80 Å². The third kappa shape index (κ3) is 5.66. The van der Waals surface area contributed by atoms with Crippen molar-refractivity contribution in [2.75, 3.05) is 20.1 Å². The molecule has 0 spiro atoms. The van der Waals surface area contributed by atoms with E-state index in [4.69, 9.17) is 25.6 Å². The van der Waals surface area contributed by atoms with Gasteiger partial charge in [0.15, 0.2) is 0 Å². The lowest BCUT2D eigenvalue weighted by atomic mass is 9.78. The predicted molar refractivity (Wildman–Crippen MR) is 130 cm³/mol. The fourth-order valence-corrected chi connectivity index (χ4v) is 4.17. The van der Waals surface area contributed by atoms with Crippen LogP contribution in [0.25, 0.3) is 0 Å². The first-order valence-electron chi connectivity index (χ1n) is 11.5. The van der Waals surface area contributed by atoms with Gasteiger partial charge in [-0.1, -0.05) is 11.6 Å². The Morgan fingerprint density at radius 2 is 1.67 bits per heavy atom. The lowest BCUT2D eigenvalue weighted by Crippen LogP contribution is -2.48. The van der Waals surface area contributed by atoms with Gasteiger partial charge in [-0.3, -0.25) is 4.79 Å². The van der Waals surface area contributed by atoms with Gasteiger partial charge in [-0.25, -0.2) is 4.79 Å². The molecule has 3 rings (SSSR count). The van der Waals surface area contributed by atoms with E-state index < -0.39 is 23.9 Å². The van der Waals surface area contributed by atoms with Gasteiger partial charge < -0.3 is 23.8 Å². The van der Waals surface area contributed by atoms with Crippen LogP contribution in [-0.4, -0.2) is 71.9 Å². The van der Waals surface area contributed by atoms with Crippen LogP contribution in [0.1, 0.15) is 71.7 Å². The number of hydrogen-bond donors (Lipinski definition) is 0. The highest BCUT2D eigenvalue weighted by atomic mass is 35.5. The summed E-state index contributed by atoms with van der Waals surface area (Å²) in [4.78, 5) is 29.1. The molecule has 1 aromatic carbocycles. The Balaban J connectivity index is 1.67. The van der Waals surface area contributed by atoms with Crippen molar-refractivity contribution in [2.45, 2.75) is 84.2 Å². The minimum absolute atomic E-state index is 0.0344. The van der Waals surface area contributed by atoms with E-state index >= 15 is 0 Å². The molecule has 0 N–H and O–H groups in total. The molecule has 0 aliphatic carbocycles. The maximum Gasteiger partial charge on any atom is 0.496 e. The van der Waals surface area contributed by atoms with Gasteiger partial charge in [0.05, 0.1) is 11.2 Å². The fourth-order valence-electron chi connectivity index (χ4n) is 3.96. The number of rotatable bonds is 3. The molecular formula is C24H36BClN2O5. The molecule has 0 unspecified atom stereocenters. The molecule has 9 heteroatoms. The molecule has 1 aromatic rings. The quantitative estimate of drug-likeness (QED) is 0.612. The maximum atomic E-state index is 13.3. The summed E-state index contributed by atoms with van der Waals surface area (Å²) in [6.45, 7) is 14.6.